The molecular weight excluding hydrogens is 239 g/mol. The first-order chi connectivity index (χ1) is 6.79. The summed E-state index contributed by atoms with van der Waals surface area (Å²) in [4.78, 5) is 0.0578. The van der Waals surface area contributed by atoms with E-state index in [1.165, 1.54) is 0 Å². The van der Waals surface area contributed by atoms with E-state index in [4.69, 9.17) is 0 Å². The molecule has 2 unspecified atom stereocenters. The topological polar surface area (TPSA) is 17.1 Å². The van der Waals surface area contributed by atoms with Gasteiger partial charge in [-0.25, -0.2) is 0 Å². The van der Waals surface area contributed by atoms with Gasteiger partial charge in [-0.3, -0.25) is 0 Å². The molecule has 0 spiro atoms. The number of hydrogen-bond acceptors (Lipinski definition) is 1. The summed E-state index contributed by atoms with van der Waals surface area (Å²) in [5.41, 5.74) is 0. The molecule has 0 heterocycles. The molecule has 14 heavy (non-hydrogen) atoms. The van der Waals surface area contributed by atoms with Gasteiger partial charge in [0.2, 0.25) is 0 Å². The van der Waals surface area contributed by atoms with Gasteiger partial charge in [0.15, 0.2) is 0 Å². The van der Waals surface area contributed by atoms with Gasteiger partial charge < -0.3 is 0 Å². The minimum absolute atomic E-state index is 0.0578. The standard InChI is InChI=1S/C12H14OSe/c1-3-8-11(4-2)14(13)12-9-6-5-7-10-12/h5-7,9-11H,4H2,1-2H3. The summed E-state index contributed by atoms with van der Waals surface area (Å²) < 4.78 is 13.0. The van der Waals surface area contributed by atoms with E-state index in [9.17, 15) is 3.83 Å². The quantitative estimate of drug-likeness (QED) is 0.595. The van der Waals surface area contributed by atoms with Crippen molar-refractivity contribution in [3.8, 4) is 11.8 Å². The molecule has 0 aromatic heterocycles. The molecule has 74 valence electrons. The van der Waals surface area contributed by atoms with Gasteiger partial charge in [0.1, 0.15) is 0 Å². The minimum atomic E-state index is -1.98. The van der Waals surface area contributed by atoms with Gasteiger partial charge in [-0.1, -0.05) is 0 Å². The molecule has 2 atom stereocenters. The van der Waals surface area contributed by atoms with E-state index in [1.54, 1.807) is 6.92 Å². The van der Waals surface area contributed by atoms with Crippen molar-refractivity contribution in [2.24, 2.45) is 0 Å². The van der Waals surface area contributed by atoms with Gasteiger partial charge >= 0.3 is 89.4 Å². The summed E-state index contributed by atoms with van der Waals surface area (Å²) in [5, 5.41) is 0. The van der Waals surface area contributed by atoms with Gasteiger partial charge in [0, 0.05) is 0 Å². The Labute approximate surface area is 89.6 Å². The second-order valence-corrected chi connectivity index (χ2v) is 6.33. The van der Waals surface area contributed by atoms with E-state index in [0.29, 0.717) is 0 Å². The summed E-state index contributed by atoms with van der Waals surface area (Å²) in [6, 6.07) is 9.65. The summed E-state index contributed by atoms with van der Waals surface area (Å²) >= 11 is -1.98. The normalized spacial score (nSPS) is 13.9. The maximum atomic E-state index is 12.1. The summed E-state index contributed by atoms with van der Waals surface area (Å²) in [6.07, 6.45) is 0.865. The first-order valence-electron chi connectivity index (χ1n) is 4.67. The molecule has 0 aliphatic rings. The molecule has 2 heteroatoms. The van der Waals surface area contributed by atoms with Gasteiger partial charge in [-0.15, -0.1) is 0 Å². The number of hydrogen-bond donors (Lipinski definition) is 0. The van der Waals surface area contributed by atoms with Crippen LogP contribution >= 0.6 is 0 Å². The molecule has 0 aliphatic carbocycles. The first-order valence-corrected chi connectivity index (χ1v) is 7.22. The molecule has 0 saturated carbocycles. The Bertz CT molecular complexity index is 359. The second-order valence-electron chi connectivity index (χ2n) is 2.90. The zero-order valence-corrected chi connectivity index (χ0v) is 10.2. The monoisotopic (exact) mass is 254 g/mol. The molecule has 0 bridgehead atoms. The Morgan fingerprint density at radius 2 is 2.00 bits per heavy atom. The summed E-state index contributed by atoms with van der Waals surface area (Å²) in [7, 11) is 0. The Morgan fingerprint density at radius 1 is 1.36 bits per heavy atom. The van der Waals surface area contributed by atoms with E-state index >= 15 is 0 Å². The molecule has 1 aromatic carbocycles. The maximum absolute atomic E-state index is 12.1. The van der Waals surface area contributed by atoms with Crippen molar-refractivity contribution in [1.29, 1.82) is 0 Å². The molecule has 1 nitrogen and oxygen atoms in total. The van der Waals surface area contributed by atoms with Crippen molar-refractivity contribution >= 4 is 18.3 Å². The Kier molecular flexibility index (Phi) is 4.59. The first kappa shape index (κ1) is 11.2. The zero-order valence-electron chi connectivity index (χ0n) is 8.49. The average Bonchev–Trinajstić information content (AvgIpc) is 2.26. The van der Waals surface area contributed by atoms with Gasteiger partial charge in [-0.05, 0) is 0 Å². The third-order valence-electron chi connectivity index (χ3n) is 1.91. The van der Waals surface area contributed by atoms with E-state index in [-0.39, 0.29) is 4.82 Å². The van der Waals surface area contributed by atoms with Crippen molar-refractivity contribution in [2.75, 3.05) is 0 Å². The molecule has 0 N–H and O–H groups in total. The predicted octanol–water partition coefficient (Wildman–Crippen LogP) is 2.12. The van der Waals surface area contributed by atoms with Crippen LogP contribution in [-0.2, 0) is 3.83 Å². The number of benzene rings is 1. The van der Waals surface area contributed by atoms with Gasteiger partial charge in [0.25, 0.3) is 0 Å². The Hall–Kier alpha value is -0.901. The molecule has 0 radical (unpaired) electrons. The van der Waals surface area contributed by atoms with Crippen LogP contribution in [0, 0.1) is 11.8 Å². The van der Waals surface area contributed by atoms with Crippen LogP contribution in [0.4, 0.5) is 0 Å². The van der Waals surface area contributed by atoms with Gasteiger partial charge in [-0.2, -0.15) is 0 Å². The molecular formula is C12H14OSe. The fraction of sp³-hybridized carbons (Fsp3) is 0.333. The average molecular weight is 253 g/mol. The molecule has 0 fully saturated rings. The van der Waals surface area contributed by atoms with Crippen LogP contribution in [0.2, 0.25) is 4.82 Å². The van der Waals surface area contributed by atoms with E-state index in [1.807, 2.05) is 37.3 Å². The van der Waals surface area contributed by atoms with Crippen molar-refractivity contribution < 1.29 is 3.83 Å². The zero-order chi connectivity index (χ0) is 10.4. The van der Waals surface area contributed by atoms with Crippen molar-refractivity contribution in [1.82, 2.24) is 0 Å². The summed E-state index contributed by atoms with van der Waals surface area (Å²) in [5.74, 6) is 5.87. The third kappa shape index (κ3) is 2.80. The van der Waals surface area contributed by atoms with E-state index < -0.39 is 13.8 Å². The van der Waals surface area contributed by atoms with Crippen LogP contribution in [0.3, 0.4) is 0 Å². The van der Waals surface area contributed by atoms with Crippen LogP contribution < -0.4 is 4.46 Å². The van der Waals surface area contributed by atoms with E-state index in [2.05, 4.69) is 11.8 Å². The molecule has 0 aliphatic heterocycles. The predicted molar refractivity (Wildman–Crippen MR) is 60.0 cm³/mol. The third-order valence-corrected chi connectivity index (χ3v) is 5.49. The van der Waals surface area contributed by atoms with Crippen molar-refractivity contribution in [3.05, 3.63) is 30.3 Å². The molecule has 0 saturated heterocycles. The van der Waals surface area contributed by atoms with E-state index in [0.717, 1.165) is 10.9 Å². The molecule has 0 amide bonds. The van der Waals surface area contributed by atoms with Crippen LogP contribution in [0.5, 0.6) is 0 Å². The SMILES string of the molecule is CC#CC(CC)[Se](=O)c1ccccc1. The summed E-state index contributed by atoms with van der Waals surface area (Å²) in [6.45, 7) is 3.83. The van der Waals surface area contributed by atoms with Crippen molar-refractivity contribution in [3.63, 3.8) is 0 Å². The van der Waals surface area contributed by atoms with Crippen LogP contribution in [0.25, 0.3) is 0 Å². The molecule has 1 rings (SSSR count). The van der Waals surface area contributed by atoms with Crippen LogP contribution in [0.15, 0.2) is 30.3 Å². The van der Waals surface area contributed by atoms with Gasteiger partial charge in [0.05, 0.1) is 0 Å². The van der Waals surface area contributed by atoms with Crippen LogP contribution in [0.1, 0.15) is 20.3 Å². The Morgan fingerprint density at radius 3 is 2.50 bits per heavy atom. The Balaban J connectivity index is 2.87. The van der Waals surface area contributed by atoms with Crippen LogP contribution in [-0.4, -0.2) is 13.8 Å². The number of rotatable bonds is 3. The van der Waals surface area contributed by atoms with Crippen molar-refractivity contribution in [2.45, 2.75) is 25.1 Å². The molecule has 1 aromatic rings. The second kappa shape index (κ2) is 5.75. The fourth-order valence-electron chi connectivity index (χ4n) is 1.19. The fourth-order valence-corrected chi connectivity index (χ4v) is 3.88.